The molecule has 1 rings (SSSR count). The first-order valence-corrected chi connectivity index (χ1v) is 7.12. The number of methoxy groups -OCH3 is 1. The maximum atomic E-state index is 12.3. The number of ether oxygens (including phenoxy) is 1. The summed E-state index contributed by atoms with van der Waals surface area (Å²) in [7, 11) is -2.38. The largest absolute Gasteiger partial charge is 0.475 e. The zero-order valence-corrected chi connectivity index (χ0v) is 11.8. The van der Waals surface area contributed by atoms with Crippen LogP contribution >= 0.6 is 0 Å². The number of carbonyl (C=O) groups is 1. The van der Waals surface area contributed by atoms with Crippen LogP contribution in [-0.2, 0) is 14.8 Å². The van der Waals surface area contributed by atoms with Crippen LogP contribution in [0.4, 0.5) is 0 Å². The van der Waals surface area contributed by atoms with E-state index >= 15 is 0 Å². The molecule has 0 bridgehead atoms. The van der Waals surface area contributed by atoms with Crippen LogP contribution in [0.3, 0.4) is 0 Å². The van der Waals surface area contributed by atoms with E-state index in [-0.39, 0.29) is 24.3 Å². The Balaban J connectivity index is 3.09. The fraction of sp³-hybridized carbons (Fsp3) is 0.545. The summed E-state index contributed by atoms with van der Waals surface area (Å²) >= 11 is 0. The Morgan fingerprint density at radius 3 is 2.58 bits per heavy atom. The highest BCUT2D eigenvalue weighted by Crippen LogP contribution is 2.20. The molecule has 0 saturated heterocycles. The molecule has 0 aliphatic rings. The Labute approximate surface area is 111 Å². The van der Waals surface area contributed by atoms with Gasteiger partial charge in [-0.1, -0.05) is 6.92 Å². The van der Waals surface area contributed by atoms with E-state index in [0.29, 0.717) is 0 Å². The highest BCUT2D eigenvalue weighted by Gasteiger charge is 2.31. The Kier molecular flexibility index (Phi) is 5.10. The number of aromatic carboxylic acids is 1. The van der Waals surface area contributed by atoms with E-state index < -0.39 is 21.8 Å². The lowest BCUT2D eigenvalue weighted by Gasteiger charge is -2.25. The van der Waals surface area contributed by atoms with Gasteiger partial charge in [-0.25, -0.2) is 13.2 Å². The van der Waals surface area contributed by atoms with Crippen molar-refractivity contribution in [2.24, 2.45) is 0 Å². The van der Waals surface area contributed by atoms with E-state index in [2.05, 4.69) is 0 Å². The Morgan fingerprint density at radius 1 is 1.53 bits per heavy atom. The fourth-order valence-electron chi connectivity index (χ4n) is 1.73. The van der Waals surface area contributed by atoms with E-state index in [4.69, 9.17) is 14.3 Å². The van der Waals surface area contributed by atoms with Crippen molar-refractivity contribution in [1.29, 1.82) is 0 Å². The van der Waals surface area contributed by atoms with Crippen molar-refractivity contribution < 1.29 is 27.5 Å². The van der Waals surface area contributed by atoms with Crippen LogP contribution in [0.15, 0.2) is 21.6 Å². The summed E-state index contributed by atoms with van der Waals surface area (Å²) in [5.41, 5.74) is 0. The van der Waals surface area contributed by atoms with Gasteiger partial charge < -0.3 is 14.3 Å². The number of hydrogen-bond acceptors (Lipinski definition) is 5. The summed E-state index contributed by atoms with van der Waals surface area (Å²) < 4.78 is 35.6. The van der Waals surface area contributed by atoms with Gasteiger partial charge in [0.15, 0.2) is 0 Å². The molecule has 1 aromatic rings. The van der Waals surface area contributed by atoms with Gasteiger partial charge in [0.2, 0.25) is 10.9 Å². The molecule has 0 aliphatic heterocycles. The zero-order chi connectivity index (χ0) is 14.6. The third kappa shape index (κ3) is 3.34. The lowest BCUT2D eigenvalue weighted by molar-refractivity contribution is 0.0656. The first-order chi connectivity index (χ1) is 8.84. The van der Waals surface area contributed by atoms with E-state index in [1.807, 2.05) is 0 Å². The SMILES string of the molecule is CCN(C(C)COC)S(=O)(=O)c1ccc(C(=O)O)o1. The van der Waals surface area contributed by atoms with Gasteiger partial charge in [0.05, 0.1) is 6.61 Å². The lowest BCUT2D eigenvalue weighted by Crippen LogP contribution is -2.40. The first-order valence-electron chi connectivity index (χ1n) is 5.68. The van der Waals surface area contributed by atoms with E-state index in [1.165, 1.54) is 11.4 Å². The minimum Gasteiger partial charge on any atom is -0.475 e. The van der Waals surface area contributed by atoms with Crippen molar-refractivity contribution in [3.63, 3.8) is 0 Å². The monoisotopic (exact) mass is 291 g/mol. The number of hydrogen-bond donors (Lipinski definition) is 1. The molecule has 8 heteroatoms. The smallest absolute Gasteiger partial charge is 0.371 e. The average Bonchev–Trinajstić information content (AvgIpc) is 2.79. The maximum Gasteiger partial charge on any atom is 0.371 e. The third-order valence-electron chi connectivity index (χ3n) is 2.57. The van der Waals surface area contributed by atoms with Gasteiger partial charge >= 0.3 is 5.97 Å². The summed E-state index contributed by atoms with van der Waals surface area (Å²) in [6.07, 6.45) is 0. The molecule has 0 fully saturated rings. The number of furan rings is 1. The summed E-state index contributed by atoms with van der Waals surface area (Å²) in [4.78, 5) is 10.7. The van der Waals surface area contributed by atoms with Crippen molar-refractivity contribution in [2.45, 2.75) is 25.0 Å². The van der Waals surface area contributed by atoms with Gasteiger partial charge in [-0.3, -0.25) is 0 Å². The van der Waals surface area contributed by atoms with Crippen LogP contribution in [0, 0.1) is 0 Å². The number of carboxylic acids is 1. The Morgan fingerprint density at radius 2 is 2.16 bits per heavy atom. The lowest BCUT2D eigenvalue weighted by atomic mass is 10.4. The van der Waals surface area contributed by atoms with Gasteiger partial charge in [0.1, 0.15) is 0 Å². The second-order valence-corrected chi connectivity index (χ2v) is 5.76. The minimum atomic E-state index is -3.86. The van der Waals surface area contributed by atoms with Gasteiger partial charge in [-0.05, 0) is 19.1 Å². The molecule has 1 atom stereocenters. The van der Waals surface area contributed by atoms with Gasteiger partial charge in [-0.15, -0.1) is 0 Å². The molecule has 1 N–H and O–H groups in total. The number of carboxylic acid groups (broad SMARTS) is 1. The maximum absolute atomic E-state index is 12.3. The van der Waals surface area contributed by atoms with E-state index in [1.54, 1.807) is 13.8 Å². The van der Waals surface area contributed by atoms with Gasteiger partial charge in [0.25, 0.3) is 10.0 Å². The molecule has 0 radical (unpaired) electrons. The van der Waals surface area contributed by atoms with Crippen LogP contribution < -0.4 is 0 Å². The van der Waals surface area contributed by atoms with Crippen LogP contribution in [-0.4, -0.2) is 50.1 Å². The zero-order valence-electron chi connectivity index (χ0n) is 11.0. The highest BCUT2D eigenvalue weighted by atomic mass is 32.2. The molecule has 1 aromatic heterocycles. The molecule has 108 valence electrons. The minimum absolute atomic E-state index is 0.232. The molecule has 0 aliphatic carbocycles. The number of nitrogens with zero attached hydrogens (tertiary/aromatic N) is 1. The molecule has 0 saturated carbocycles. The molecule has 19 heavy (non-hydrogen) atoms. The van der Waals surface area contributed by atoms with Crippen LogP contribution in [0.5, 0.6) is 0 Å². The number of rotatable bonds is 7. The summed E-state index contributed by atoms with van der Waals surface area (Å²) in [5.74, 6) is -1.72. The van der Waals surface area contributed by atoms with Crippen molar-refractivity contribution in [3.05, 3.63) is 17.9 Å². The number of sulfonamides is 1. The van der Waals surface area contributed by atoms with Crippen molar-refractivity contribution in [1.82, 2.24) is 4.31 Å². The van der Waals surface area contributed by atoms with Crippen molar-refractivity contribution in [2.75, 3.05) is 20.3 Å². The Bertz CT molecular complexity index is 535. The predicted octanol–water partition coefficient (Wildman–Crippen LogP) is 1.02. The second kappa shape index (κ2) is 6.18. The summed E-state index contributed by atoms with van der Waals surface area (Å²) in [5, 5.41) is 8.35. The third-order valence-corrected chi connectivity index (χ3v) is 4.53. The van der Waals surface area contributed by atoms with Crippen LogP contribution in [0.2, 0.25) is 0 Å². The molecule has 7 nitrogen and oxygen atoms in total. The van der Waals surface area contributed by atoms with Crippen LogP contribution in [0.1, 0.15) is 24.4 Å². The molecule has 0 amide bonds. The van der Waals surface area contributed by atoms with Crippen molar-refractivity contribution >= 4 is 16.0 Å². The molecule has 1 heterocycles. The topological polar surface area (TPSA) is 97.0 Å². The standard InChI is InChI=1S/C11H17NO6S/c1-4-12(8(2)7-17-3)19(15,16)10-6-5-9(18-10)11(13)14/h5-6,8H,4,7H2,1-3H3,(H,13,14). The fourth-order valence-corrected chi connectivity index (χ4v) is 3.27. The van der Waals surface area contributed by atoms with E-state index in [9.17, 15) is 13.2 Å². The molecular weight excluding hydrogens is 274 g/mol. The summed E-state index contributed by atoms with van der Waals surface area (Å²) in [6, 6.07) is 1.88. The molecule has 1 unspecified atom stereocenters. The number of likely N-dealkylation sites (N-methyl/N-ethyl adjacent to an activating group) is 1. The second-order valence-electron chi connectivity index (χ2n) is 3.94. The van der Waals surface area contributed by atoms with Crippen molar-refractivity contribution in [3.8, 4) is 0 Å². The molecular formula is C11H17NO6S. The van der Waals surface area contributed by atoms with Gasteiger partial charge in [-0.2, -0.15) is 4.31 Å². The van der Waals surface area contributed by atoms with E-state index in [0.717, 1.165) is 12.1 Å². The molecule has 0 aromatic carbocycles. The van der Waals surface area contributed by atoms with Crippen LogP contribution in [0.25, 0.3) is 0 Å². The predicted molar refractivity (Wildman–Crippen MR) is 66.6 cm³/mol. The highest BCUT2D eigenvalue weighted by molar-refractivity contribution is 7.89. The Hall–Kier alpha value is -1.38. The summed E-state index contributed by atoms with van der Waals surface area (Å²) in [6.45, 7) is 3.85. The normalized spacial score (nSPS) is 13.7. The van der Waals surface area contributed by atoms with Gasteiger partial charge in [0, 0.05) is 19.7 Å². The quantitative estimate of drug-likeness (QED) is 0.805. The average molecular weight is 291 g/mol. The molecule has 0 spiro atoms. The first kappa shape index (κ1) is 15.7.